The first kappa shape index (κ1) is 15.5. The van der Waals surface area contributed by atoms with Crippen molar-refractivity contribution in [1.29, 1.82) is 0 Å². The summed E-state index contributed by atoms with van der Waals surface area (Å²) >= 11 is 1.79. The Bertz CT molecular complexity index is 441. The highest BCUT2D eigenvalue weighted by Gasteiger charge is 2.27. The van der Waals surface area contributed by atoms with Crippen LogP contribution in [0.25, 0.3) is 0 Å². The molecule has 0 heterocycles. The summed E-state index contributed by atoms with van der Waals surface area (Å²) in [5.41, 5.74) is 1.94. The summed E-state index contributed by atoms with van der Waals surface area (Å²) in [5.74, 6) is 0.316. The van der Waals surface area contributed by atoms with Gasteiger partial charge >= 0.3 is 0 Å². The van der Waals surface area contributed by atoms with Gasteiger partial charge in [-0.15, -0.1) is 0 Å². The van der Waals surface area contributed by atoms with Crippen molar-refractivity contribution in [2.75, 3.05) is 0 Å². The van der Waals surface area contributed by atoms with E-state index in [-0.39, 0.29) is 14.6 Å². The molecule has 1 rings (SSSR count). The SMILES string of the molecule is CC(C)(C)c1cc(C(=O)I)cc(C(C)(C)C)c1O. The topological polar surface area (TPSA) is 37.3 Å². The highest BCUT2D eigenvalue weighted by Crippen LogP contribution is 2.40. The lowest BCUT2D eigenvalue weighted by molar-refractivity contribution is 0.110. The minimum Gasteiger partial charge on any atom is -0.507 e. The van der Waals surface area contributed by atoms with Gasteiger partial charge in [0, 0.05) is 39.3 Å². The van der Waals surface area contributed by atoms with Gasteiger partial charge in [-0.05, 0) is 23.0 Å². The average Bonchev–Trinajstić information content (AvgIpc) is 2.13. The smallest absolute Gasteiger partial charge is 0.222 e. The number of hydrogen-bond acceptors (Lipinski definition) is 2. The number of phenols is 1. The molecule has 1 N–H and O–H groups in total. The van der Waals surface area contributed by atoms with Gasteiger partial charge in [-0.1, -0.05) is 41.5 Å². The van der Waals surface area contributed by atoms with Crippen LogP contribution in [0.4, 0.5) is 0 Å². The molecule has 0 radical (unpaired) electrons. The maximum Gasteiger partial charge on any atom is 0.222 e. The molecule has 0 saturated heterocycles. The van der Waals surface area contributed by atoms with Crippen molar-refractivity contribution >= 4 is 26.4 Å². The fourth-order valence-corrected chi connectivity index (χ4v) is 2.20. The third kappa shape index (κ3) is 3.25. The number of rotatable bonds is 1. The van der Waals surface area contributed by atoms with Crippen LogP contribution < -0.4 is 0 Å². The molecule has 0 atom stereocenters. The maximum atomic E-state index is 11.6. The maximum absolute atomic E-state index is 11.6. The van der Waals surface area contributed by atoms with E-state index in [1.54, 1.807) is 34.7 Å². The normalized spacial score (nSPS) is 12.6. The van der Waals surface area contributed by atoms with Crippen molar-refractivity contribution in [3.05, 3.63) is 28.8 Å². The molecule has 0 fully saturated rings. The number of aromatic hydroxyl groups is 1. The molecule has 0 bridgehead atoms. The summed E-state index contributed by atoms with van der Waals surface area (Å²) in [6, 6.07) is 3.61. The number of hydrogen-bond donors (Lipinski definition) is 1. The zero-order valence-corrected chi connectivity index (χ0v) is 14.0. The molecule has 0 unspecified atom stereocenters. The highest BCUT2D eigenvalue weighted by atomic mass is 127. The lowest BCUT2D eigenvalue weighted by atomic mass is 9.78. The third-order valence-electron chi connectivity index (χ3n) is 2.95. The van der Waals surface area contributed by atoms with E-state index in [1.165, 1.54) is 0 Å². The Balaban J connectivity index is 3.64. The molecular formula is C15H21IO2. The Labute approximate surface area is 123 Å². The van der Waals surface area contributed by atoms with Crippen molar-refractivity contribution in [2.45, 2.75) is 52.4 Å². The van der Waals surface area contributed by atoms with E-state index in [9.17, 15) is 9.90 Å². The first-order chi connectivity index (χ1) is 7.94. The largest absolute Gasteiger partial charge is 0.507 e. The van der Waals surface area contributed by atoms with E-state index in [2.05, 4.69) is 0 Å². The molecular weight excluding hydrogens is 339 g/mol. The summed E-state index contributed by atoms with van der Waals surface area (Å²) in [5, 5.41) is 10.5. The van der Waals surface area contributed by atoms with Gasteiger partial charge in [0.25, 0.3) is 0 Å². The summed E-state index contributed by atoms with van der Waals surface area (Å²) in [4.78, 5) is 11.6. The molecule has 3 heteroatoms. The minimum atomic E-state index is -0.188. The third-order valence-corrected chi connectivity index (χ3v) is 3.58. The monoisotopic (exact) mass is 360 g/mol. The van der Waals surface area contributed by atoms with Crippen molar-refractivity contribution in [2.24, 2.45) is 0 Å². The molecule has 2 nitrogen and oxygen atoms in total. The van der Waals surface area contributed by atoms with Crippen LogP contribution in [-0.2, 0) is 10.8 Å². The van der Waals surface area contributed by atoms with Gasteiger partial charge in [0.05, 0.1) is 0 Å². The van der Waals surface area contributed by atoms with E-state index in [4.69, 9.17) is 0 Å². The van der Waals surface area contributed by atoms with Crippen LogP contribution in [0.15, 0.2) is 12.1 Å². The predicted molar refractivity (Wildman–Crippen MR) is 83.9 cm³/mol. The Morgan fingerprint density at radius 2 is 1.33 bits per heavy atom. The first-order valence-electron chi connectivity index (χ1n) is 6.02. The number of carbonyl (C=O) groups is 1. The van der Waals surface area contributed by atoms with Crippen LogP contribution in [0.1, 0.15) is 63.0 Å². The van der Waals surface area contributed by atoms with Crippen LogP contribution in [0, 0.1) is 0 Å². The Kier molecular flexibility index (Phi) is 4.16. The summed E-state index contributed by atoms with van der Waals surface area (Å²) in [6.07, 6.45) is 0. The second-order valence-corrected chi connectivity index (χ2v) is 7.67. The Hall–Kier alpha value is -0.580. The van der Waals surface area contributed by atoms with Crippen LogP contribution in [-0.4, -0.2) is 8.90 Å². The number of carbonyl (C=O) groups excluding carboxylic acids is 1. The first-order valence-corrected chi connectivity index (χ1v) is 7.10. The van der Waals surface area contributed by atoms with Gasteiger partial charge in [-0.2, -0.15) is 0 Å². The quantitative estimate of drug-likeness (QED) is 0.589. The predicted octanol–water partition coefficient (Wildman–Crippen LogP) is 4.56. The molecule has 1 aromatic rings. The summed E-state index contributed by atoms with van der Waals surface area (Å²) in [6.45, 7) is 12.2. The van der Waals surface area contributed by atoms with E-state index >= 15 is 0 Å². The van der Waals surface area contributed by atoms with Gasteiger partial charge in [0.15, 0.2) is 0 Å². The Morgan fingerprint density at radius 1 is 1.00 bits per heavy atom. The fraction of sp³-hybridized carbons (Fsp3) is 0.533. The van der Waals surface area contributed by atoms with Gasteiger partial charge < -0.3 is 5.11 Å². The van der Waals surface area contributed by atoms with Crippen molar-refractivity contribution in [1.82, 2.24) is 0 Å². The van der Waals surface area contributed by atoms with Crippen molar-refractivity contribution < 1.29 is 9.90 Å². The highest BCUT2D eigenvalue weighted by molar-refractivity contribution is 14.1. The molecule has 0 spiro atoms. The van der Waals surface area contributed by atoms with Gasteiger partial charge in [-0.25, -0.2) is 0 Å². The summed E-state index contributed by atoms with van der Waals surface area (Å²) in [7, 11) is 0. The standard InChI is InChI=1S/C15H21IO2/c1-14(2,3)10-7-9(13(16)18)8-11(12(10)17)15(4,5)6/h7-8,17H,1-6H3. The number of benzene rings is 1. The molecule has 0 aliphatic heterocycles. The molecule has 0 aromatic heterocycles. The van der Waals surface area contributed by atoms with Crippen molar-refractivity contribution in [3.8, 4) is 5.75 Å². The van der Waals surface area contributed by atoms with Gasteiger partial charge in [-0.3, -0.25) is 4.79 Å². The Morgan fingerprint density at radius 3 is 1.56 bits per heavy atom. The fourth-order valence-electron chi connectivity index (χ4n) is 1.89. The van der Waals surface area contributed by atoms with E-state index < -0.39 is 0 Å². The lowest BCUT2D eigenvalue weighted by Crippen LogP contribution is -2.18. The zero-order chi connectivity index (χ0) is 14.3. The van der Waals surface area contributed by atoms with Crippen LogP contribution in [0.2, 0.25) is 0 Å². The van der Waals surface area contributed by atoms with Crippen LogP contribution in [0.5, 0.6) is 5.75 Å². The molecule has 1 aromatic carbocycles. The minimum absolute atomic E-state index is 0.00333. The van der Waals surface area contributed by atoms with E-state index in [1.807, 2.05) is 41.5 Å². The average molecular weight is 360 g/mol. The molecule has 0 amide bonds. The second-order valence-electron chi connectivity index (χ2n) is 6.69. The van der Waals surface area contributed by atoms with Gasteiger partial charge in [0.1, 0.15) is 5.75 Å². The molecule has 0 aliphatic rings. The lowest BCUT2D eigenvalue weighted by Gasteiger charge is -2.27. The van der Waals surface area contributed by atoms with Gasteiger partial charge in [0.2, 0.25) is 3.79 Å². The molecule has 100 valence electrons. The molecule has 18 heavy (non-hydrogen) atoms. The number of halogens is 1. The molecule has 0 saturated carbocycles. The number of phenolic OH excluding ortho intramolecular Hbond substituents is 1. The summed E-state index contributed by atoms with van der Waals surface area (Å²) < 4.78 is 0.00333. The van der Waals surface area contributed by atoms with Crippen molar-refractivity contribution in [3.63, 3.8) is 0 Å². The zero-order valence-electron chi connectivity index (χ0n) is 11.9. The molecule has 0 aliphatic carbocycles. The van der Waals surface area contributed by atoms with Crippen LogP contribution >= 0.6 is 22.6 Å². The van der Waals surface area contributed by atoms with E-state index in [0.717, 1.165) is 11.1 Å². The second kappa shape index (κ2) is 4.83. The van der Waals surface area contributed by atoms with E-state index in [0.29, 0.717) is 11.3 Å². The van der Waals surface area contributed by atoms with Crippen LogP contribution in [0.3, 0.4) is 0 Å².